The highest BCUT2D eigenvalue weighted by Gasteiger charge is 2.19. The van der Waals surface area contributed by atoms with E-state index in [4.69, 9.17) is 4.74 Å². The standard InChI is InChI=1S/C17H16NO3S/c1-3-21-17-10-9-16-15(13(17)2)11-12-18(16)22(19,20)14-7-5-4-6-8-14/h4-12H,2-3H2,1H3. The van der Waals surface area contributed by atoms with Gasteiger partial charge in [-0.05, 0) is 44.2 Å². The van der Waals surface area contributed by atoms with Crippen LogP contribution < -0.4 is 4.74 Å². The summed E-state index contributed by atoms with van der Waals surface area (Å²) in [6.07, 6.45) is 1.55. The van der Waals surface area contributed by atoms with E-state index in [9.17, 15) is 8.42 Å². The Kier molecular flexibility index (Phi) is 3.66. The Labute approximate surface area is 130 Å². The fourth-order valence-electron chi connectivity index (χ4n) is 2.44. The molecule has 0 N–H and O–H groups in total. The lowest BCUT2D eigenvalue weighted by Gasteiger charge is -2.10. The van der Waals surface area contributed by atoms with Crippen LogP contribution in [0.3, 0.4) is 0 Å². The van der Waals surface area contributed by atoms with E-state index in [1.54, 1.807) is 54.7 Å². The third kappa shape index (κ3) is 2.27. The summed E-state index contributed by atoms with van der Waals surface area (Å²) >= 11 is 0. The van der Waals surface area contributed by atoms with E-state index in [2.05, 4.69) is 6.92 Å². The maximum Gasteiger partial charge on any atom is 0.268 e. The summed E-state index contributed by atoms with van der Waals surface area (Å²) < 4.78 is 32.3. The van der Waals surface area contributed by atoms with Crippen molar-refractivity contribution in [1.82, 2.24) is 3.97 Å². The highest BCUT2D eigenvalue weighted by Crippen LogP contribution is 2.30. The van der Waals surface area contributed by atoms with Crippen molar-refractivity contribution in [3.8, 4) is 5.75 Å². The molecule has 0 saturated heterocycles. The van der Waals surface area contributed by atoms with E-state index in [1.165, 1.54) is 3.97 Å². The summed E-state index contributed by atoms with van der Waals surface area (Å²) in [5, 5.41) is 0.769. The molecule has 0 aliphatic carbocycles. The molecule has 2 aromatic carbocycles. The van der Waals surface area contributed by atoms with Gasteiger partial charge in [-0.25, -0.2) is 12.4 Å². The minimum Gasteiger partial charge on any atom is -0.494 e. The second-order valence-electron chi connectivity index (χ2n) is 4.84. The Hall–Kier alpha value is -2.27. The van der Waals surface area contributed by atoms with Crippen LogP contribution in [0.15, 0.2) is 59.6 Å². The summed E-state index contributed by atoms with van der Waals surface area (Å²) in [5.74, 6) is 0.671. The molecule has 3 aromatic rings. The molecule has 0 saturated carbocycles. The highest BCUT2D eigenvalue weighted by molar-refractivity contribution is 7.90. The summed E-state index contributed by atoms with van der Waals surface area (Å²) in [7, 11) is -3.62. The molecule has 1 radical (unpaired) electrons. The lowest BCUT2D eigenvalue weighted by atomic mass is 10.1. The first-order chi connectivity index (χ1) is 10.6. The minimum atomic E-state index is -3.62. The van der Waals surface area contributed by atoms with Gasteiger partial charge in [-0.1, -0.05) is 18.2 Å². The molecule has 1 heterocycles. The number of rotatable bonds is 4. The van der Waals surface area contributed by atoms with Crippen LogP contribution in [0.2, 0.25) is 0 Å². The van der Waals surface area contributed by atoms with Crippen molar-refractivity contribution < 1.29 is 13.2 Å². The number of nitrogens with zero attached hydrogens (tertiary/aromatic N) is 1. The SMILES string of the molecule is [CH2]c1c(OCC)ccc2c1ccn2S(=O)(=O)c1ccccc1. The van der Waals surface area contributed by atoms with Gasteiger partial charge in [-0.3, -0.25) is 0 Å². The van der Waals surface area contributed by atoms with Crippen LogP contribution in [0.5, 0.6) is 5.75 Å². The molecule has 0 unspecified atom stereocenters. The second-order valence-corrected chi connectivity index (χ2v) is 6.65. The van der Waals surface area contributed by atoms with Gasteiger partial charge in [-0.15, -0.1) is 0 Å². The van der Waals surface area contributed by atoms with Gasteiger partial charge in [0.05, 0.1) is 17.0 Å². The highest BCUT2D eigenvalue weighted by atomic mass is 32.2. The lowest BCUT2D eigenvalue weighted by molar-refractivity contribution is 0.339. The molecule has 3 rings (SSSR count). The zero-order valence-corrected chi connectivity index (χ0v) is 13.0. The Balaban J connectivity index is 2.19. The molecule has 5 heteroatoms. The van der Waals surface area contributed by atoms with E-state index >= 15 is 0 Å². The number of fused-ring (bicyclic) bond motifs is 1. The van der Waals surface area contributed by atoms with Crippen molar-refractivity contribution in [2.45, 2.75) is 11.8 Å². The summed E-state index contributed by atoms with van der Waals surface area (Å²) in [5.41, 5.74) is 1.29. The zero-order chi connectivity index (χ0) is 15.7. The van der Waals surface area contributed by atoms with E-state index in [0.717, 1.165) is 5.39 Å². The third-order valence-corrected chi connectivity index (χ3v) is 5.21. The second kappa shape index (κ2) is 5.50. The van der Waals surface area contributed by atoms with Gasteiger partial charge < -0.3 is 4.74 Å². The first kappa shape index (κ1) is 14.7. The van der Waals surface area contributed by atoms with Gasteiger partial charge >= 0.3 is 0 Å². The van der Waals surface area contributed by atoms with Crippen molar-refractivity contribution in [3.63, 3.8) is 0 Å². The number of aromatic nitrogens is 1. The zero-order valence-electron chi connectivity index (χ0n) is 12.2. The first-order valence-corrected chi connectivity index (χ1v) is 8.39. The average Bonchev–Trinajstić information content (AvgIpc) is 2.97. The quantitative estimate of drug-likeness (QED) is 0.741. The normalized spacial score (nSPS) is 11.7. The molecule has 0 aliphatic rings. The Morgan fingerprint density at radius 1 is 1.09 bits per heavy atom. The minimum absolute atomic E-state index is 0.256. The summed E-state index contributed by atoms with van der Waals surface area (Å²) in [4.78, 5) is 0.256. The molecule has 0 fully saturated rings. The van der Waals surface area contributed by atoms with E-state index in [0.29, 0.717) is 23.4 Å². The van der Waals surface area contributed by atoms with Crippen molar-refractivity contribution in [1.29, 1.82) is 0 Å². The van der Waals surface area contributed by atoms with Crippen LogP contribution in [-0.4, -0.2) is 19.0 Å². The fourth-order valence-corrected chi connectivity index (χ4v) is 3.81. The Morgan fingerprint density at radius 3 is 2.50 bits per heavy atom. The van der Waals surface area contributed by atoms with E-state index in [-0.39, 0.29) is 4.90 Å². The predicted octanol–water partition coefficient (Wildman–Crippen LogP) is 3.46. The van der Waals surface area contributed by atoms with Crippen LogP contribution in [0.4, 0.5) is 0 Å². The van der Waals surface area contributed by atoms with Crippen LogP contribution in [0.1, 0.15) is 12.5 Å². The van der Waals surface area contributed by atoms with Crippen LogP contribution in [-0.2, 0) is 10.0 Å². The van der Waals surface area contributed by atoms with Crippen molar-refractivity contribution >= 4 is 20.9 Å². The van der Waals surface area contributed by atoms with E-state index in [1.807, 2.05) is 6.92 Å². The monoisotopic (exact) mass is 314 g/mol. The lowest BCUT2D eigenvalue weighted by Crippen LogP contribution is -2.11. The molecule has 0 spiro atoms. The molecule has 113 valence electrons. The van der Waals surface area contributed by atoms with Gasteiger partial charge in [0.25, 0.3) is 10.0 Å². The van der Waals surface area contributed by atoms with Crippen molar-refractivity contribution in [3.05, 3.63) is 67.2 Å². The summed E-state index contributed by atoms with van der Waals surface area (Å²) in [6, 6.07) is 13.6. The number of hydrogen-bond donors (Lipinski definition) is 0. The fraction of sp³-hybridized carbons (Fsp3) is 0.118. The topological polar surface area (TPSA) is 48.3 Å². The van der Waals surface area contributed by atoms with Gasteiger partial charge in [0.1, 0.15) is 5.75 Å². The van der Waals surface area contributed by atoms with Gasteiger partial charge in [0, 0.05) is 17.1 Å². The maximum absolute atomic E-state index is 12.7. The van der Waals surface area contributed by atoms with Gasteiger partial charge in [0.2, 0.25) is 0 Å². The number of benzene rings is 2. The Bertz CT molecular complexity index is 912. The molecule has 0 atom stereocenters. The van der Waals surface area contributed by atoms with Crippen LogP contribution >= 0.6 is 0 Å². The summed E-state index contributed by atoms with van der Waals surface area (Å²) in [6.45, 7) is 6.44. The molecule has 22 heavy (non-hydrogen) atoms. The molecule has 4 nitrogen and oxygen atoms in total. The largest absolute Gasteiger partial charge is 0.494 e. The first-order valence-electron chi connectivity index (χ1n) is 6.95. The predicted molar refractivity (Wildman–Crippen MR) is 86.6 cm³/mol. The van der Waals surface area contributed by atoms with Crippen LogP contribution in [0, 0.1) is 6.92 Å². The molecular weight excluding hydrogens is 298 g/mol. The Morgan fingerprint density at radius 2 is 1.82 bits per heavy atom. The van der Waals surface area contributed by atoms with Gasteiger partial charge in [-0.2, -0.15) is 0 Å². The third-order valence-electron chi connectivity index (χ3n) is 3.50. The molecule has 0 bridgehead atoms. The smallest absolute Gasteiger partial charge is 0.268 e. The molecule has 0 aliphatic heterocycles. The van der Waals surface area contributed by atoms with Crippen molar-refractivity contribution in [2.75, 3.05) is 6.61 Å². The number of ether oxygens (including phenoxy) is 1. The average molecular weight is 314 g/mol. The number of hydrogen-bond acceptors (Lipinski definition) is 3. The molecule has 0 amide bonds. The maximum atomic E-state index is 12.7. The van der Waals surface area contributed by atoms with E-state index < -0.39 is 10.0 Å². The van der Waals surface area contributed by atoms with Gasteiger partial charge in [0.15, 0.2) is 0 Å². The van der Waals surface area contributed by atoms with Crippen LogP contribution in [0.25, 0.3) is 10.9 Å². The van der Waals surface area contributed by atoms with Crippen molar-refractivity contribution in [2.24, 2.45) is 0 Å². The molecule has 1 aromatic heterocycles. The molecular formula is C17H16NO3S.